The van der Waals surface area contributed by atoms with Gasteiger partial charge in [-0.1, -0.05) is 12.1 Å². The van der Waals surface area contributed by atoms with Gasteiger partial charge in [-0.2, -0.15) is 5.26 Å². The van der Waals surface area contributed by atoms with Crippen molar-refractivity contribution in [2.24, 2.45) is 0 Å². The number of carbonyl (C=O) groups excluding carboxylic acids is 1. The Kier molecular flexibility index (Phi) is 6.23. The van der Waals surface area contributed by atoms with Gasteiger partial charge >= 0.3 is 0 Å². The maximum atomic E-state index is 12.4. The second-order valence-corrected chi connectivity index (χ2v) is 5.58. The molecule has 0 radical (unpaired) electrons. The zero-order chi connectivity index (χ0) is 19.1. The molecule has 134 valence electrons. The number of ether oxygens (including phenoxy) is 2. The van der Waals surface area contributed by atoms with Gasteiger partial charge in [0.25, 0.3) is 5.91 Å². The van der Waals surface area contributed by atoms with E-state index in [1.165, 1.54) is 20.4 Å². The Balaban J connectivity index is 2.21. The minimum Gasteiger partial charge on any atom is -0.497 e. The number of nitrogens with one attached hydrogen (secondary N) is 2. The van der Waals surface area contributed by atoms with Gasteiger partial charge in [-0.15, -0.1) is 0 Å². The summed E-state index contributed by atoms with van der Waals surface area (Å²) in [6.07, 6.45) is 1.39. The van der Waals surface area contributed by atoms with Crippen molar-refractivity contribution >= 4 is 17.3 Å². The van der Waals surface area contributed by atoms with Crippen molar-refractivity contribution in [1.29, 1.82) is 5.26 Å². The Bertz CT molecular complexity index is 882. The van der Waals surface area contributed by atoms with E-state index in [2.05, 4.69) is 10.6 Å². The number of anilines is 2. The molecule has 0 aliphatic rings. The number of hydrogen-bond acceptors (Lipinski definition) is 5. The van der Waals surface area contributed by atoms with E-state index in [0.717, 1.165) is 16.8 Å². The first-order chi connectivity index (χ1) is 12.5. The fourth-order valence-corrected chi connectivity index (χ4v) is 2.31. The summed E-state index contributed by atoms with van der Waals surface area (Å²) in [4.78, 5) is 12.4. The van der Waals surface area contributed by atoms with Gasteiger partial charge in [-0.05, 0) is 43.2 Å². The van der Waals surface area contributed by atoms with E-state index < -0.39 is 5.91 Å². The van der Waals surface area contributed by atoms with Crippen molar-refractivity contribution in [3.63, 3.8) is 0 Å². The molecule has 2 N–H and O–H groups in total. The molecule has 0 fully saturated rings. The molecule has 0 saturated carbocycles. The molecule has 2 aromatic carbocycles. The number of nitriles is 1. The zero-order valence-corrected chi connectivity index (χ0v) is 15.2. The SMILES string of the molecule is COc1ccc(OC)c(NC(=O)/C(C#N)=C\Nc2cccc(C)c2C)c1. The second kappa shape index (κ2) is 8.58. The second-order valence-electron chi connectivity index (χ2n) is 5.58. The van der Waals surface area contributed by atoms with Crippen molar-refractivity contribution in [3.8, 4) is 17.6 Å². The molecule has 0 heterocycles. The smallest absolute Gasteiger partial charge is 0.267 e. The average molecular weight is 351 g/mol. The maximum absolute atomic E-state index is 12.4. The average Bonchev–Trinajstić information content (AvgIpc) is 2.65. The standard InChI is InChI=1S/C20H21N3O3/c1-13-6-5-7-17(14(13)2)22-12-15(11-21)20(24)23-18-10-16(25-3)8-9-19(18)26-4/h5-10,12,22H,1-4H3,(H,23,24)/b15-12-. The highest BCUT2D eigenvalue weighted by Gasteiger charge is 2.13. The van der Waals surface area contributed by atoms with Crippen LogP contribution in [-0.2, 0) is 4.79 Å². The van der Waals surface area contributed by atoms with Crippen LogP contribution in [0.1, 0.15) is 11.1 Å². The number of hydrogen-bond donors (Lipinski definition) is 2. The van der Waals surface area contributed by atoms with Crippen molar-refractivity contribution < 1.29 is 14.3 Å². The van der Waals surface area contributed by atoms with Crippen molar-refractivity contribution in [3.05, 3.63) is 59.3 Å². The number of amides is 1. The van der Waals surface area contributed by atoms with Crippen molar-refractivity contribution in [1.82, 2.24) is 0 Å². The van der Waals surface area contributed by atoms with E-state index in [-0.39, 0.29) is 5.57 Å². The number of methoxy groups -OCH3 is 2. The van der Waals surface area contributed by atoms with Gasteiger partial charge < -0.3 is 20.1 Å². The fraction of sp³-hybridized carbons (Fsp3) is 0.200. The summed E-state index contributed by atoms with van der Waals surface area (Å²) in [6.45, 7) is 3.97. The molecule has 0 bridgehead atoms. The Morgan fingerprint density at radius 1 is 1.12 bits per heavy atom. The Labute approximate surface area is 153 Å². The van der Waals surface area contributed by atoms with Crippen LogP contribution in [-0.4, -0.2) is 20.1 Å². The van der Waals surface area contributed by atoms with Gasteiger partial charge in [0, 0.05) is 18.0 Å². The molecule has 0 spiro atoms. The van der Waals surface area contributed by atoms with Crippen LogP contribution in [0.3, 0.4) is 0 Å². The lowest BCUT2D eigenvalue weighted by atomic mass is 10.1. The highest BCUT2D eigenvalue weighted by molar-refractivity contribution is 6.07. The van der Waals surface area contributed by atoms with E-state index in [4.69, 9.17) is 9.47 Å². The van der Waals surface area contributed by atoms with Crippen LogP contribution in [0.5, 0.6) is 11.5 Å². The predicted molar refractivity (Wildman–Crippen MR) is 101 cm³/mol. The quantitative estimate of drug-likeness (QED) is 0.611. The van der Waals surface area contributed by atoms with E-state index in [1.807, 2.05) is 38.1 Å². The number of aryl methyl sites for hydroxylation is 1. The summed E-state index contributed by atoms with van der Waals surface area (Å²) in [6, 6.07) is 12.7. The fourth-order valence-electron chi connectivity index (χ4n) is 2.31. The van der Waals surface area contributed by atoms with Gasteiger partial charge in [0.1, 0.15) is 23.1 Å². The van der Waals surface area contributed by atoms with Gasteiger partial charge in [-0.25, -0.2) is 0 Å². The zero-order valence-electron chi connectivity index (χ0n) is 15.2. The molecule has 0 atom stereocenters. The summed E-state index contributed by atoms with van der Waals surface area (Å²) < 4.78 is 10.4. The first-order valence-corrected chi connectivity index (χ1v) is 7.96. The van der Waals surface area contributed by atoms with E-state index >= 15 is 0 Å². The molecule has 2 rings (SSSR count). The van der Waals surface area contributed by atoms with Crippen LogP contribution in [0.2, 0.25) is 0 Å². The van der Waals surface area contributed by atoms with Crippen LogP contribution in [0.25, 0.3) is 0 Å². The monoisotopic (exact) mass is 351 g/mol. The topological polar surface area (TPSA) is 83.4 Å². The molecule has 0 aliphatic carbocycles. The normalized spacial score (nSPS) is 10.7. The van der Waals surface area contributed by atoms with Gasteiger partial charge in [0.15, 0.2) is 0 Å². The number of rotatable bonds is 6. The minimum atomic E-state index is -0.545. The Morgan fingerprint density at radius 3 is 2.54 bits per heavy atom. The molecule has 0 aromatic heterocycles. The van der Waals surface area contributed by atoms with Crippen LogP contribution in [0.4, 0.5) is 11.4 Å². The van der Waals surface area contributed by atoms with Crippen LogP contribution < -0.4 is 20.1 Å². The molecule has 6 nitrogen and oxygen atoms in total. The summed E-state index contributed by atoms with van der Waals surface area (Å²) in [5.74, 6) is 0.493. The Hall–Kier alpha value is -3.46. The summed E-state index contributed by atoms with van der Waals surface area (Å²) in [7, 11) is 3.03. The van der Waals surface area contributed by atoms with E-state index in [9.17, 15) is 10.1 Å². The Morgan fingerprint density at radius 2 is 1.88 bits per heavy atom. The van der Waals surface area contributed by atoms with Gasteiger partial charge in [-0.3, -0.25) is 4.79 Å². The highest BCUT2D eigenvalue weighted by Crippen LogP contribution is 2.29. The molecule has 0 unspecified atom stereocenters. The third kappa shape index (κ3) is 4.33. The lowest BCUT2D eigenvalue weighted by molar-refractivity contribution is -0.112. The third-order valence-corrected chi connectivity index (χ3v) is 4.00. The lowest BCUT2D eigenvalue weighted by Crippen LogP contribution is -2.15. The molecule has 26 heavy (non-hydrogen) atoms. The molecule has 0 saturated heterocycles. The predicted octanol–water partition coefficient (Wildman–Crippen LogP) is 3.78. The van der Waals surface area contributed by atoms with E-state index in [1.54, 1.807) is 18.2 Å². The largest absolute Gasteiger partial charge is 0.497 e. The maximum Gasteiger partial charge on any atom is 0.267 e. The summed E-state index contributed by atoms with van der Waals surface area (Å²) in [5, 5.41) is 15.0. The third-order valence-electron chi connectivity index (χ3n) is 4.00. The number of benzene rings is 2. The number of carbonyl (C=O) groups is 1. The van der Waals surface area contributed by atoms with Crippen LogP contribution in [0, 0.1) is 25.2 Å². The van der Waals surface area contributed by atoms with Gasteiger partial charge in [0.05, 0.1) is 19.9 Å². The highest BCUT2D eigenvalue weighted by atomic mass is 16.5. The molecule has 0 aliphatic heterocycles. The molecular formula is C20H21N3O3. The van der Waals surface area contributed by atoms with Crippen molar-refractivity contribution in [2.75, 3.05) is 24.9 Å². The van der Waals surface area contributed by atoms with Gasteiger partial charge in [0.2, 0.25) is 0 Å². The summed E-state index contributed by atoms with van der Waals surface area (Å²) in [5.41, 5.74) is 3.37. The van der Waals surface area contributed by atoms with Crippen LogP contribution >= 0.6 is 0 Å². The molecular weight excluding hydrogens is 330 g/mol. The first-order valence-electron chi connectivity index (χ1n) is 7.96. The lowest BCUT2D eigenvalue weighted by Gasteiger charge is -2.12. The molecule has 6 heteroatoms. The number of nitrogens with zero attached hydrogens (tertiary/aromatic N) is 1. The van der Waals surface area contributed by atoms with Crippen LogP contribution in [0.15, 0.2) is 48.2 Å². The summed E-state index contributed by atoms with van der Waals surface area (Å²) >= 11 is 0. The minimum absolute atomic E-state index is 0.0595. The van der Waals surface area contributed by atoms with Crippen molar-refractivity contribution in [2.45, 2.75) is 13.8 Å². The molecule has 1 amide bonds. The molecule has 2 aromatic rings. The first kappa shape index (κ1) is 18.9. The van der Waals surface area contributed by atoms with E-state index in [0.29, 0.717) is 17.2 Å².